The number of carbonyl (C=O) groups excluding carboxylic acids is 1. The van der Waals surface area contributed by atoms with Crippen molar-refractivity contribution < 1.29 is 10.3 Å². The first kappa shape index (κ1) is 14.7. The van der Waals surface area contributed by atoms with Crippen molar-refractivity contribution in [3.63, 3.8) is 0 Å². The summed E-state index contributed by atoms with van der Waals surface area (Å²) < 4.78 is 0.238. The van der Waals surface area contributed by atoms with Crippen molar-refractivity contribution in [2.75, 3.05) is 0 Å². The minimum atomic E-state index is -0.424. The van der Waals surface area contributed by atoms with Crippen LogP contribution in [-0.4, -0.2) is 33.0 Å². The molecule has 1 amide bonds. The molecule has 1 aliphatic rings. The summed E-state index contributed by atoms with van der Waals surface area (Å²) in [7, 11) is 0. The third kappa shape index (κ3) is 2.86. The van der Waals surface area contributed by atoms with Gasteiger partial charge in [-0.2, -0.15) is 0 Å². The van der Waals surface area contributed by atoms with Crippen LogP contribution >= 0.6 is 11.8 Å². The molecule has 1 aliphatic heterocycles. The lowest BCUT2D eigenvalue weighted by molar-refractivity contribution is -0.123. The van der Waals surface area contributed by atoms with Crippen LogP contribution in [0.4, 0.5) is 0 Å². The largest absolute Gasteiger partial charge is 0.412 e. The summed E-state index contributed by atoms with van der Waals surface area (Å²) in [5, 5.41) is 3.01. The van der Waals surface area contributed by atoms with Gasteiger partial charge in [-0.1, -0.05) is 0 Å². The van der Waals surface area contributed by atoms with Crippen LogP contribution in [0.5, 0.6) is 0 Å². The number of rotatable bonds is 2. The Morgan fingerprint density at radius 2 is 1.73 bits per heavy atom. The van der Waals surface area contributed by atoms with Gasteiger partial charge in [0.15, 0.2) is 0 Å². The highest BCUT2D eigenvalue weighted by molar-refractivity contribution is 8.03. The number of nitrogens with two attached hydrogens (primary N) is 1. The zero-order chi connectivity index (χ0) is 11.1. The monoisotopic (exact) mass is 234 g/mol. The fourth-order valence-electron chi connectivity index (χ4n) is 2.20. The van der Waals surface area contributed by atoms with E-state index in [-0.39, 0.29) is 26.9 Å². The summed E-state index contributed by atoms with van der Waals surface area (Å²) in [6.07, 6.45) is 0. The molecular formula is C10H22N2O2S. The van der Waals surface area contributed by atoms with Gasteiger partial charge in [-0.05, 0) is 34.6 Å². The number of carbonyl (C=O) groups is 1. The maximum Gasteiger partial charge on any atom is 0.236 e. The van der Waals surface area contributed by atoms with Crippen LogP contribution in [0.1, 0.15) is 34.6 Å². The first-order valence-electron chi connectivity index (χ1n) is 4.93. The van der Waals surface area contributed by atoms with Gasteiger partial charge < -0.3 is 16.5 Å². The molecule has 1 saturated heterocycles. The van der Waals surface area contributed by atoms with Gasteiger partial charge in [-0.15, -0.1) is 11.8 Å². The van der Waals surface area contributed by atoms with E-state index in [1.54, 1.807) is 6.92 Å². The molecule has 0 radical (unpaired) electrons. The summed E-state index contributed by atoms with van der Waals surface area (Å²) in [4.78, 5) is 11.5. The van der Waals surface area contributed by atoms with Crippen LogP contribution in [0.2, 0.25) is 0 Å². The highest BCUT2D eigenvalue weighted by atomic mass is 32.2. The standard InChI is InChI=1S/C10H20N2OS.H2O/c1-6(11)7(13)12-8-9(2,3)14-10(8,4)5;/h6,8H,11H2,1-5H3,(H,12,13);1H2/t6-;/m1./s1. The van der Waals surface area contributed by atoms with Gasteiger partial charge in [0.25, 0.3) is 0 Å². The quantitative estimate of drug-likeness (QED) is 0.720. The summed E-state index contributed by atoms with van der Waals surface area (Å²) in [6, 6.07) is -0.217. The second-order valence-electron chi connectivity index (χ2n) is 5.04. The molecule has 0 bridgehead atoms. The number of nitrogens with one attached hydrogen (secondary N) is 1. The number of hydrogen-bond donors (Lipinski definition) is 2. The zero-order valence-electron chi connectivity index (χ0n) is 10.0. The van der Waals surface area contributed by atoms with Gasteiger partial charge in [0.2, 0.25) is 5.91 Å². The van der Waals surface area contributed by atoms with Gasteiger partial charge in [-0.25, -0.2) is 0 Å². The molecule has 90 valence electrons. The first-order chi connectivity index (χ1) is 6.17. The fraction of sp³-hybridized carbons (Fsp3) is 0.900. The molecule has 0 aromatic rings. The minimum absolute atomic E-state index is 0. The van der Waals surface area contributed by atoms with Gasteiger partial charge in [-0.3, -0.25) is 4.79 Å². The number of hydrogen-bond acceptors (Lipinski definition) is 3. The van der Waals surface area contributed by atoms with E-state index in [9.17, 15) is 4.79 Å². The van der Waals surface area contributed by atoms with E-state index in [0.717, 1.165) is 0 Å². The average molecular weight is 234 g/mol. The Balaban J connectivity index is 0.00000196. The lowest BCUT2D eigenvalue weighted by Crippen LogP contribution is -2.68. The van der Waals surface area contributed by atoms with E-state index in [0.29, 0.717) is 0 Å². The van der Waals surface area contributed by atoms with Crippen LogP contribution in [-0.2, 0) is 4.79 Å². The number of thioether (sulfide) groups is 1. The molecule has 5 heteroatoms. The summed E-state index contributed by atoms with van der Waals surface area (Å²) in [5.41, 5.74) is 5.52. The van der Waals surface area contributed by atoms with Crippen LogP contribution in [0, 0.1) is 0 Å². The lowest BCUT2D eigenvalue weighted by atomic mass is 9.89. The van der Waals surface area contributed by atoms with Crippen molar-refractivity contribution in [2.24, 2.45) is 5.73 Å². The van der Waals surface area contributed by atoms with Gasteiger partial charge in [0, 0.05) is 9.49 Å². The summed E-state index contributed by atoms with van der Waals surface area (Å²) in [5.74, 6) is -0.0588. The van der Waals surface area contributed by atoms with Crippen molar-refractivity contribution in [2.45, 2.75) is 56.2 Å². The first-order valence-corrected chi connectivity index (χ1v) is 5.74. The van der Waals surface area contributed by atoms with Crippen molar-refractivity contribution in [3.8, 4) is 0 Å². The Morgan fingerprint density at radius 3 is 2.00 bits per heavy atom. The second kappa shape index (κ2) is 4.31. The second-order valence-corrected chi connectivity index (χ2v) is 7.35. The van der Waals surface area contributed by atoms with E-state index >= 15 is 0 Å². The highest BCUT2D eigenvalue weighted by Crippen LogP contribution is 2.54. The molecule has 4 nitrogen and oxygen atoms in total. The molecule has 0 aromatic heterocycles. The Kier molecular flexibility index (Phi) is 4.24. The molecule has 0 aromatic carbocycles. The molecule has 15 heavy (non-hydrogen) atoms. The third-order valence-corrected chi connectivity index (χ3v) is 4.14. The van der Waals surface area contributed by atoms with Crippen molar-refractivity contribution >= 4 is 17.7 Å². The zero-order valence-corrected chi connectivity index (χ0v) is 10.9. The van der Waals surface area contributed by atoms with E-state index in [2.05, 4.69) is 33.0 Å². The summed E-state index contributed by atoms with van der Waals surface area (Å²) >= 11 is 1.89. The molecule has 0 aliphatic carbocycles. The molecule has 5 N–H and O–H groups in total. The number of amides is 1. The predicted octanol–water partition coefficient (Wildman–Crippen LogP) is 0.298. The van der Waals surface area contributed by atoms with Gasteiger partial charge in [0.05, 0.1) is 12.1 Å². The average Bonchev–Trinajstić information content (AvgIpc) is 1.96. The maximum atomic E-state index is 11.5. The van der Waals surface area contributed by atoms with Crippen LogP contribution in [0.15, 0.2) is 0 Å². The SMILES string of the molecule is C[C@@H](N)C(=O)NC1C(C)(C)SC1(C)C.O. The molecule has 1 atom stereocenters. The topological polar surface area (TPSA) is 86.6 Å². The van der Waals surface area contributed by atoms with Crippen LogP contribution < -0.4 is 11.1 Å². The molecular weight excluding hydrogens is 212 g/mol. The minimum Gasteiger partial charge on any atom is -0.412 e. The van der Waals surface area contributed by atoms with Gasteiger partial charge in [0.1, 0.15) is 0 Å². The molecule has 1 rings (SSSR count). The van der Waals surface area contributed by atoms with E-state index in [1.165, 1.54) is 0 Å². The van der Waals surface area contributed by atoms with Crippen molar-refractivity contribution in [1.29, 1.82) is 0 Å². The van der Waals surface area contributed by atoms with Crippen molar-refractivity contribution in [3.05, 3.63) is 0 Å². The maximum absolute atomic E-state index is 11.5. The Hall–Kier alpha value is -0.260. The Bertz CT molecular complexity index is 238. The molecule has 1 heterocycles. The highest BCUT2D eigenvalue weighted by Gasteiger charge is 2.54. The molecule has 1 fully saturated rings. The van der Waals surface area contributed by atoms with E-state index in [4.69, 9.17) is 5.73 Å². The van der Waals surface area contributed by atoms with Crippen molar-refractivity contribution in [1.82, 2.24) is 5.32 Å². The van der Waals surface area contributed by atoms with E-state index in [1.807, 2.05) is 11.8 Å². The summed E-state index contributed by atoms with van der Waals surface area (Å²) in [6.45, 7) is 10.3. The fourth-order valence-corrected chi connectivity index (χ4v) is 4.31. The smallest absolute Gasteiger partial charge is 0.236 e. The third-order valence-electron chi connectivity index (χ3n) is 2.62. The lowest BCUT2D eigenvalue weighted by Gasteiger charge is -2.56. The Morgan fingerprint density at radius 1 is 1.33 bits per heavy atom. The normalized spacial score (nSPS) is 24.7. The Labute approximate surface area is 95.7 Å². The van der Waals surface area contributed by atoms with Gasteiger partial charge >= 0.3 is 0 Å². The van der Waals surface area contributed by atoms with Crippen LogP contribution in [0.25, 0.3) is 0 Å². The predicted molar refractivity (Wildman–Crippen MR) is 64.9 cm³/mol. The molecule has 0 saturated carbocycles. The van der Waals surface area contributed by atoms with Crippen LogP contribution in [0.3, 0.4) is 0 Å². The molecule has 0 unspecified atom stereocenters. The molecule has 0 spiro atoms. The van der Waals surface area contributed by atoms with E-state index < -0.39 is 6.04 Å².